The first-order chi connectivity index (χ1) is 9.18. The predicted octanol–water partition coefficient (Wildman–Crippen LogP) is 3.60. The van der Waals surface area contributed by atoms with Gasteiger partial charge in [0.1, 0.15) is 0 Å². The van der Waals surface area contributed by atoms with E-state index < -0.39 is 53.1 Å². The minimum atomic E-state index is -2.23. The third kappa shape index (κ3) is 2.97. The molecule has 1 atom stereocenters. The van der Waals surface area contributed by atoms with Crippen molar-refractivity contribution >= 4 is 5.97 Å². The first-order valence-electron chi connectivity index (χ1n) is 5.52. The number of benzene rings is 1. The lowest BCUT2D eigenvalue weighted by Gasteiger charge is -2.15. The molecule has 1 aromatic carbocycles. The Labute approximate surface area is 111 Å². The summed E-state index contributed by atoms with van der Waals surface area (Å²) in [5, 5.41) is 0. The van der Waals surface area contributed by atoms with E-state index in [-0.39, 0.29) is 5.57 Å². The van der Waals surface area contributed by atoms with Gasteiger partial charge in [-0.15, -0.1) is 0 Å². The lowest BCUT2D eigenvalue weighted by atomic mass is 10.00. The fourth-order valence-corrected chi connectivity index (χ4v) is 1.46. The van der Waals surface area contributed by atoms with Crippen LogP contribution in [-0.2, 0) is 9.53 Å². The Hall–Kier alpha value is -1.92. The van der Waals surface area contributed by atoms with Gasteiger partial charge in [-0.1, -0.05) is 13.5 Å². The normalized spacial score (nSPS) is 12.2. The van der Waals surface area contributed by atoms with E-state index in [1.54, 1.807) is 0 Å². The van der Waals surface area contributed by atoms with Crippen LogP contribution in [0.2, 0.25) is 0 Å². The maximum atomic E-state index is 13.5. The van der Waals surface area contributed by atoms with Gasteiger partial charge in [-0.3, -0.25) is 0 Å². The van der Waals surface area contributed by atoms with Gasteiger partial charge in [-0.05, 0) is 6.92 Å². The van der Waals surface area contributed by atoms with E-state index in [0.717, 1.165) is 0 Å². The standard InChI is InChI=1S/C13H11F5O2/c1-5(2)13(19)20-4-6(3)7-8(14)10(16)12(18)11(17)9(7)15/h6H,1,4H2,2-3H3. The topological polar surface area (TPSA) is 26.3 Å². The number of carbonyl (C=O) groups is 1. The average molecular weight is 294 g/mol. The fourth-order valence-electron chi connectivity index (χ4n) is 1.46. The number of halogens is 5. The predicted molar refractivity (Wildman–Crippen MR) is 60.4 cm³/mol. The monoisotopic (exact) mass is 294 g/mol. The molecule has 0 saturated heterocycles. The number of hydrogen-bond donors (Lipinski definition) is 0. The molecule has 20 heavy (non-hydrogen) atoms. The van der Waals surface area contributed by atoms with Crippen molar-refractivity contribution < 1.29 is 31.5 Å². The van der Waals surface area contributed by atoms with Crippen molar-refractivity contribution in [3.05, 3.63) is 46.8 Å². The molecule has 2 nitrogen and oxygen atoms in total. The number of hydrogen-bond acceptors (Lipinski definition) is 2. The summed E-state index contributed by atoms with van der Waals surface area (Å²) in [4.78, 5) is 11.1. The molecule has 0 heterocycles. The molecule has 1 aromatic rings. The summed E-state index contributed by atoms with van der Waals surface area (Å²) in [6, 6.07) is 0. The zero-order chi connectivity index (χ0) is 15.6. The molecule has 1 rings (SSSR count). The van der Waals surface area contributed by atoms with Crippen LogP contribution in [-0.4, -0.2) is 12.6 Å². The van der Waals surface area contributed by atoms with Gasteiger partial charge in [0.2, 0.25) is 5.82 Å². The highest BCUT2D eigenvalue weighted by molar-refractivity contribution is 5.86. The Morgan fingerprint density at radius 1 is 1.05 bits per heavy atom. The van der Waals surface area contributed by atoms with Gasteiger partial charge in [-0.25, -0.2) is 26.7 Å². The van der Waals surface area contributed by atoms with E-state index in [1.165, 1.54) is 13.8 Å². The molecule has 0 aliphatic heterocycles. The minimum Gasteiger partial charge on any atom is -0.462 e. The fraction of sp³-hybridized carbons (Fsp3) is 0.308. The van der Waals surface area contributed by atoms with Gasteiger partial charge in [-0.2, -0.15) is 0 Å². The van der Waals surface area contributed by atoms with Gasteiger partial charge >= 0.3 is 5.97 Å². The van der Waals surface area contributed by atoms with E-state index >= 15 is 0 Å². The number of ether oxygens (including phenoxy) is 1. The van der Waals surface area contributed by atoms with Gasteiger partial charge in [0.25, 0.3) is 0 Å². The largest absolute Gasteiger partial charge is 0.462 e. The van der Waals surface area contributed by atoms with E-state index in [9.17, 15) is 26.7 Å². The first kappa shape index (κ1) is 16.1. The van der Waals surface area contributed by atoms with Crippen LogP contribution in [0.5, 0.6) is 0 Å². The molecule has 0 aromatic heterocycles. The molecule has 1 unspecified atom stereocenters. The molecular formula is C13H11F5O2. The third-order valence-electron chi connectivity index (χ3n) is 2.55. The smallest absolute Gasteiger partial charge is 0.333 e. The number of rotatable bonds is 4. The van der Waals surface area contributed by atoms with E-state index in [4.69, 9.17) is 0 Å². The Morgan fingerprint density at radius 2 is 1.45 bits per heavy atom. The molecule has 0 N–H and O–H groups in total. The summed E-state index contributed by atoms with van der Waals surface area (Å²) in [7, 11) is 0. The second-order valence-electron chi connectivity index (χ2n) is 4.26. The van der Waals surface area contributed by atoms with Crippen LogP contribution in [0, 0.1) is 29.1 Å². The molecule has 0 radical (unpaired) electrons. The Kier molecular flexibility index (Phi) is 4.86. The average Bonchev–Trinajstić information content (AvgIpc) is 2.40. The minimum absolute atomic E-state index is 0.0506. The first-order valence-corrected chi connectivity index (χ1v) is 5.52. The summed E-state index contributed by atoms with van der Waals surface area (Å²) >= 11 is 0. The van der Waals surface area contributed by atoms with Crippen molar-refractivity contribution in [3.8, 4) is 0 Å². The van der Waals surface area contributed by atoms with Crippen molar-refractivity contribution in [3.63, 3.8) is 0 Å². The molecule has 0 saturated carbocycles. The summed E-state index contributed by atoms with van der Waals surface area (Å²) in [6.07, 6.45) is 0. The summed E-state index contributed by atoms with van der Waals surface area (Å²) in [6.45, 7) is 5.27. The molecular weight excluding hydrogens is 283 g/mol. The zero-order valence-electron chi connectivity index (χ0n) is 10.7. The summed E-state index contributed by atoms with van der Waals surface area (Å²) in [5.74, 6) is -12.2. The molecule has 0 aliphatic carbocycles. The van der Waals surface area contributed by atoms with Crippen LogP contribution < -0.4 is 0 Å². The van der Waals surface area contributed by atoms with E-state index in [1.807, 2.05) is 0 Å². The van der Waals surface area contributed by atoms with Crippen LogP contribution >= 0.6 is 0 Å². The molecule has 0 aliphatic rings. The van der Waals surface area contributed by atoms with Crippen LogP contribution in [0.25, 0.3) is 0 Å². The van der Waals surface area contributed by atoms with Crippen molar-refractivity contribution in [2.24, 2.45) is 0 Å². The number of esters is 1. The van der Waals surface area contributed by atoms with Gasteiger partial charge < -0.3 is 4.74 Å². The van der Waals surface area contributed by atoms with Crippen LogP contribution in [0.4, 0.5) is 22.0 Å². The number of carbonyl (C=O) groups excluding carboxylic acids is 1. The van der Waals surface area contributed by atoms with E-state index in [2.05, 4.69) is 11.3 Å². The Morgan fingerprint density at radius 3 is 1.85 bits per heavy atom. The van der Waals surface area contributed by atoms with Gasteiger partial charge in [0.15, 0.2) is 23.3 Å². The lowest BCUT2D eigenvalue weighted by Crippen LogP contribution is -2.16. The highest BCUT2D eigenvalue weighted by atomic mass is 19.2. The highest BCUT2D eigenvalue weighted by Crippen LogP contribution is 2.29. The Bertz CT molecular complexity index is 539. The van der Waals surface area contributed by atoms with Crippen LogP contribution in [0.15, 0.2) is 12.2 Å². The molecule has 7 heteroatoms. The maximum Gasteiger partial charge on any atom is 0.333 e. The SMILES string of the molecule is C=C(C)C(=O)OCC(C)c1c(F)c(F)c(F)c(F)c1F. The maximum absolute atomic E-state index is 13.5. The van der Waals surface area contributed by atoms with Gasteiger partial charge in [0.05, 0.1) is 6.61 Å². The van der Waals surface area contributed by atoms with Crippen molar-refractivity contribution in [2.45, 2.75) is 19.8 Å². The molecule has 0 fully saturated rings. The molecule has 0 bridgehead atoms. The zero-order valence-corrected chi connectivity index (χ0v) is 10.7. The summed E-state index contributed by atoms with van der Waals surface area (Å²) < 4.78 is 70.4. The van der Waals surface area contributed by atoms with E-state index in [0.29, 0.717) is 0 Å². The van der Waals surface area contributed by atoms with Crippen LogP contribution in [0.1, 0.15) is 25.3 Å². The van der Waals surface area contributed by atoms with Crippen molar-refractivity contribution in [2.75, 3.05) is 6.61 Å². The second-order valence-corrected chi connectivity index (χ2v) is 4.26. The van der Waals surface area contributed by atoms with Crippen molar-refractivity contribution in [1.82, 2.24) is 0 Å². The van der Waals surface area contributed by atoms with Crippen LogP contribution in [0.3, 0.4) is 0 Å². The highest BCUT2D eigenvalue weighted by Gasteiger charge is 2.29. The summed E-state index contributed by atoms with van der Waals surface area (Å²) in [5.41, 5.74) is -0.967. The lowest BCUT2D eigenvalue weighted by molar-refractivity contribution is -0.139. The quantitative estimate of drug-likeness (QED) is 0.279. The molecule has 0 spiro atoms. The Balaban J connectivity index is 3.08. The molecule has 110 valence electrons. The molecule has 0 amide bonds. The third-order valence-corrected chi connectivity index (χ3v) is 2.55. The second kappa shape index (κ2) is 6.02. The van der Waals surface area contributed by atoms with Gasteiger partial charge in [0, 0.05) is 17.1 Å². The van der Waals surface area contributed by atoms with Crippen molar-refractivity contribution in [1.29, 1.82) is 0 Å².